The maximum Gasteiger partial charge on any atom is 0.338 e. The van der Waals surface area contributed by atoms with Gasteiger partial charge in [0.1, 0.15) is 0 Å². The monoisotopic (exact) mass is 357 g/mol. The number of benzene rings is 2. The summed E-state index contributed by atoms with van der Waals surface area (Å²) in [5.41, 5.74) is 1.03. The Morgan fingerprint density at radius 3 is 2.23 bits per heavy atom. The van der Waals surface area contributed by atoms with Gasteiger partial charge in [0.05, 0.1) is 18.8 Å². The van der Waals surface area contributed by atoms with Crippen molar-refractivity contribution in [2.24, 2.45) is 0 Å². The third-order valence-corrected chi connectivity index (χ3v) is 3.62. The van der Waals surface area contributed by atoms with Gasteiger partial charge in [0.15, 0.2) is 18.1 Å². The minimum Gasteiger partial charge on any atom is -0.490 e. The predicted molar refractivity (Wildman–Crippen MR) is 98.9 cm³/mol. The molecule has 1 amide bonds. The first-order valence-electron chi connectivity index (χ1n) is 8.45. The minimum absolute atomic E-state index is 0.298. The summed E-state index contributed by atoms with van der Waals surface area (Å²) >= 11 is 0. The summed E-state index contributed by atoms with van der Waals surface area (Å²) in [5, 5.41) is 0. The fraction of sp³-hybridized carbons (Fsp3) is 0.300. The number of likely N-dealkylation sites (N-methyl/N-ethyl adjacent to an activating group) is 1. The van der Waals surface area contributed by atoms with Crippen LogP contribution in [0.4, 0.5) is 5.69 Å². The molecular weight excluding hydrogens is 334 g/mol. The van der Waals surface area contributed by atoms with Crippen LogP contribution in [0.1, 0.15) is 24.2 Å². The third-order valence-electron chi connectivity index (χ3n) is 3.62. The molecule has 0 aliphatic heterocycles. The molecule has 0 aromatic heterocycles. The number of hydrogen-bond acceptors (Lipinski definition) is 5. The third kappa shape index (κ3) is 4.99. The Morgan fingerprint density at radius 1 is 0.923 bits per heavy atom. The molecule has 0 saturated heterocycles. The zero-order valence-electron chi connectivity index (χ0n) is 15.2. The molecule has 138 valence electrons. The molecular formula is C20H23NO5. The standard InChI is InChI=1S/C20H23NO5/c1-4-24-17-12-11-15(13-18(17)25-5-2)20(23)26-14-19(22)21(3)16-9-7-6-8-10-16/h6-13H,4-5,14H2,1-3H3. The molecule has 0 aliphatic rings. The van der Waals surface area contributed by atoms with Crippen molar-refractivity contribution in [3.63, 3.8) is 0 Å². The molecule has 0 aliphatic carbocycles. The zero-order valence-corrected chi connectivity index (χ0v) is 15.2. The van der Waals surface area contributed by atoms with E-state index in [2.05, 4.69) is 0 Å². The molecule has 0 bridgehead atoms. The molecule has 26 heavy (non-hydrogen) atoms. The average molecular weight is 357 g/mol. The first-order chi connectivity index (χ1) is 12.6. The Balaban J connectivity index is 2.01. The van der Waals surface area contributed by atoms with Gasteiger partial charge < -0.3 is 19.1 Å². The second-order valence-corrected chi connectivity index (χ2v) is 5.39. The van der Waals surface area contributed by atoms with Crippen LogP contribution in [0, 0.1) is 0 Å². The van der Waals surface area contributed by atoms with Crippen molar-refractivity contribution in [3.8, 4) is 11.5 Å². The van der Waals surface area contributed by atoms with Crippen molar-refractivity contribution < 1.29 is 23.8 Å². The highest BCUT2D eigenvalue weighted by molar-refractivity contribution is 5.96. The predicted octanol–water partition coefficient (Wildman–Crippen LogP) is 3.30. The number of para-hydroxylation sites is 1. The number of rotatable bonds is 8. The number of carbonyl (C=O) groups is 2. The summed E-state index contributed by atoms with van der Waals surface area (Å²) in [5.74, 6) is 0.117. The van der Waals surface area contributed by atoms with Gasteiger partial charge in [-0.15, -0.1) is 0 Å². The largest absolute Gasteiger partial charge is 0.490 e. The fourth-order valence-corrected chi connectivity index (χ4v) is 2.28. The Hall–Kier alpha value is -3.02. The maximum atomic E-state index is 12.2. The molecule has 0 atom stereocenters. The molecule has 0 unspecified atom stereocenters. The second-order valence-electron chi connectivity index (χ2n) is 5.39. The highest BCUT2D eigenvalue weighted by Crippen LogP contribution is 2.28. The summed E-state index contributed by atoms with van der Waals surface area (Å²) in [4.78, 5) is 25.9. The molecule has 0 spiro atoms. The van der Waals surface area contributed by atoms with E-state index < -0.39 is 5.97 Å². The summed E-state index contributed by atoms with van der Waals surface area (Å²) in [6.07, 6.45) is 0. The number of ether oxygens (including phenoxy) is 3. The number of hydrogen-bond donors (Lipinski definition) is 0. The maximum absolute atomic E-state index is 12.2. The number of carbonyl (C=O) groups excluding carboxylic acids is 2. The molecule has 6 heteroatoms. The molecule has 0 N–H and O–H groups in total. The first-order valence-corrected chi connectivity index (χ1v) is 8.45. The van der Waals surface area contributed by atoms with Crippen LogP contribution in [-0.2, 0) is 9.53 Å². The fourth-order valence-electron chi connectivity index (χ4n) is 2.28. The molecule has 2 aromatic rings. The van der Waals surface area contributed by atoms with Crippen molar-refractivity contribution >= 4 is 17.6 Å². The second kappa shape index (κ2) is 9.46. The van der Waals surface area contributed by atoms with Gasteiger partial charge in [0.25, 0.3) is 5.91 Å². The SMILES string of the molecule is CCOc1ccc(C(=O)OCC(=O)N(C)c2ccccc2)cc1OCC. The lowest BCUT2D eigenvalue weighted by atomic mass is 10.2. The highest BCUT2D eigenvalue weighted by Gasteiger charge is 2.16. The number of nitrogens with zero attached hydrogens (tertiary/aromatic N) is 1. The van der Waals surface area contributed by atoms with Crippen molar-refractivity contribution in [1.29, 1.82) is 0 Å². The zero-order chi connectivity index (χ0) is 18.9. The lowest BCUT2D eigenvalue weighted by Crippen LogP contribution is -2.31. The van der Waals surface area contributed by atoms with E-state index in [1.807, 2.05) is 32.0 Å². The summed E-state index contributed by atoms with van der Waals surface area (Å²) in [7, 11) is 1.63. The van der Waals surface area contributed by atoms with Crippen molar-refractivity contribution in [1.82, 2.24) is 0 Å². The lowest BCUT2D eigenvalue weighted by Gasteiger charge is -2.17. The van der Waals surface area contributed by atoms with Crippen LogP contribution in [0.3, 0.4) is 0 Å². The van der Waals surface area contributed by atoms with E-state index in [1.54, 1.807) is 37.4 Å². The molecule has 0 radical (unpaired) electrons. The van der Waals surface area contributed by atoms with Crippen LogP contribution in [0.15, 0.2) is 48.5 Å². The Labute approximate surface area is 153 Å². The summed E-state index contributed by atoms with van der Waals surface area (Å²) < 4.78 is 16.1. The normalized spacial score (nSPS) is 10.1. The van der Waals surface area contributed by atoms with Gasteiger partial charge in [-0.25, -0.2) is 4.79 Å². The molecule has 0 saturated carbocycles. The van der Waals surface area contributed by atoms with Gasteiger partial charge in [-0.2, -0.15) is 0 Å². The van der Waals surface area contributed by atoms with E-state index >= 15 is 0 Å². The van der Waals surface area contributed by atoms with E-state index in [0.29, 0.717) is 30.3 Å². The average Bonchev–Trinajstić information content (AvgIpc) is 2.67. The van der Waals surface area contributed by atoms with Gasteiger partial charge >= 0.3 is 5.97 Å². The van der Waals surface area contributed by atoms with E-state index in [9.17, 15) is 9.59 Å². The molecule has 0 heterocycles. The summed E-state index contributed by atoms with van der Waals surface area (Å²) in [6.45, 7) is 4.30. The van der Waals surface area contributed by atoms with Crippen LogP contribution < -0.4 is 14.4 Å². The molecule has 0 fully saturated rings. The van der Waals surface area contributed by atoms with E-state index in [1.165, 1.54) is 4.90 Å². The smallest absolute Gasteiger partial charge is 0.338 e. The Kier molecular flexibility index (Phi) is 7.02. The van der Waals surface area contributed by atoms with E-state index in [-0.39, 0.29) is 12.5 Å². The van der Waals surface area contributed by atoms with Crippen LogP contribution in [0.5, 0.6) is 11.5 Å². The van der Waals surface area contributed by atoms with Crippen LogP contribution in [0.2, 0.25) is 0 Å². The Morgan fingerprint density at radius 2 is 1.58 bits per heavy atom. The first kappa shape index (κ1) is 19.3. The van der Waals surface area contributed by atoms with E-state index in [0.717, 1.165) is 5.69 Å². The molecule has 2 aromatic carbocycles. The summed E-state index contributed by atoms with van der Waals surface area (Å²) in [6, 6.07) is 13.9. The molecule has 6 nitrogen and oxygen atoms in total. The number of esters is 1. The van der Waals surface area contributed by atoms with Crippen LogP contribution >= 0.6 is 0 Å². The lowest BCUT2D eigenvalue weighted by molar-refractivity contribution is -0.121. The van der Waals surface area contributed by atoms with Gasteiger partial charge in [0.2, 0.25) is 0 Å². The van der Waals surface area contributed by atoms with Crippen molar-refractivity contribution in [2.75, 3.05) is 31.8 Å². The van der Waals surface area contributed by atoms with E-state index in [4.69, 9.17) is 14.2 Å². The topological polar surface area (TPSA) is 65.1 Å². The van der Waals surface area contributed by atoms with Gasteiger partial charge in [-0.3, -0.25) is 4.79 Å². The van der Waals surface area contributed by atoms with Gasteiger partial charge in [-0.1, -0.05) is 18.2 Å². The van der Waals surface area contributed by atoms with Crippen molar-refractivity contribution in [2.45, 2.75) is 13.8 Å². The minimum atomic E-state index is -0.594. The number of amides is 1. The highest BCUT2D eigenvalue weighted by atomic mass is 16.5. The van der Waals surface area contributed by atoms with Gasteiger partial charge in [-0.05, 0) is 44.2 Å². The quantitative estimate of drug-likeness (QED) is 0.678. The van der Waals surface area contributed by atoms with Crippen LogP contribution in [0.25, 0.3) is 0 Å². The van der Waals surface area contributed by atoms with Gasteiger partial charge in [0, 0.05) is 12.7 Å². The van der Waals surface area contributed by atoms with Crippen LogP contribution in [-0.4, -0.2) is 38.7 Å². The Bertz CT molecular complexity index is 745. The van der Waals surface area contributed by atoms with Crippen molar-refractivity contribution in [3.05, 3.63) is 54.1 Å². The molecule has 2 rings (SSSR count). The number of anilines is 1.